The van der Waals surface area contributed by atoms with Crippen LogP contribution in [0.3, 0.4) is 0 Å². The number of nitrogens with zero attached hydrogens (tertiary/aromatic N) is 2. The molecule has 1 aromatic heterocycles. The van der Waals surface area contributed by atoms with E-state index in [-0.39, 0.29) is 0 Å². The molecule has 0 radical (unpaired) electrons. The van der Waals surface area contributed by atoms with Gasteiger partial charge >= 0.3 is 0 Å². The molecule has 0 aliphatic heterocycles. The molecule has 0 amide bonds. The summed E-state index contributed by atoms with van der Waals surface area (Å²) < 4.78 is 32.4. The summed E-state index contributed by atoms with van der Waals surface area (Å²) in [5.74, 6) is 0.255. The third-order valence-corrected chi connectivity index (χ3v) is 4.32. The van der Waals surface area contributed by atoms with E-state index in [1.807, 2.05) is 38.1 Å². The lowest BCUT2D eigenvalue weighted by molar-refractivity contribution is 0.454. The third-order valence-electron chi connectivity index (χ3n) is 3.43. The Labute approximate surface area is 149 Å². The topological polar surface area (TPSA) is 35.0 Å². The number of thioether (sulfide) groups is 1. The van der Waals surface area contributed by atoms with Crippen LogP contribution in [-0.2, 0) is 5.75 Å². The second kappa shape index (κ2) is 7.61. The minimum absolute atomic E-state index is 0.305. The van der Waals surface area contributed by atoms with Crippen molar-refractivity contribution in [3.63, 3.8) is 0 Å². The second-order valence-electron chi connectivity index (χ2n) is 5.57. The summed E-state index contributed by atoms with van der Waals surface area (Å²) in [5.41, 5.74) is 2.29. The molecular formula is C19H16F2N2OS. The van der Waals surface area contributed by atoms with Crippen LogP contribution in [0, 0.1) is 25.5 Å². The number of aromatic nitrogens is 2. The Morgan fingerprint density at radius 1 is 0.960 bits per heavy atom. The molecule has 0 N–H and O–H groups in total. The first kappa shape index (κ1) is 17.4. The fourth-order valence-corrected chi connectivity index (χ4v) is 3.02. The maximum absolute atomic E-state index is 13.7. The van der Waals surface area contributed by atoms with Gasteiger partial charge < -0.3 is 4.74 Å². The van der Waals surface area contributed by atoms with Gasteiger partial charge in [-0.25, -0.2) is 13.8 Å². The monoisotopic (exact) mass is 358 g/mol. The summed E-state index contributed by atoms with van der Waals surface area (Å²) >= 11 is 1.27. The average Bonchev–Trinajstić information content (AvgIpc) is 2.56. The van der Waals surface area contributed by atoms with Gasteiger partial charge in [0.15, 0.2) is 5.16 Å². The van der Waals surface area contributed by atoms with Gasteiger partial charge in [0.05, 0.1) is 0 Å². The highest BCUT2D eigenvalue weighted by Gasteiger charge is 2.09. The minimum Gasteiger partial charge on any atom is -0.439 e. The van der Waals surface area contributed by atoms with Crippen LogP contribution >= 0.6 is 11.8 Å². The van der Waals surface area contributed by atoms with E-state index in [9.17, 15) is 8.78 Å². The van der Waals surface area contributed by atoms with Crippen LogP contribution in [0.15, 0.2) is 53.7 Å². The summed E-state index contributed by atoms with van der Waals surface area (Å²) in [6.07, 6.45) is 0. The normalized spacial score (nSPS) is 10.7. The lowest BCUT2D eigenvalue weighted by Crippen LogP contribution is -1.96. The van der Waals surface area contributed by atoms with Crippen molar-refractivity contribution >= 4 is 11.8 Å². The molecule has 2 aromatic carbocycles. The number of halogens is 2. The summed E-state index contributed by atoms with van der Waals surface area (Å²) in [6.45, 7) is 3.84. The van der Waals surface area contributed by atoms with E-state index in [0.29, 0.717) is 28.1 Å². The number of hydrogen-bond acceptors (Lipinski definition) is 4. The fraction of sp³-hybridized carbons (Fsp3) is 0.158. The molecular weight excluding hydrogens is 342 g/mol. The van der Waals surface area contributed by atoms with Gasteiger partial charge in [-0.05, 0) is 37.6 Å². The van der Waals surface area contributed by atoms with Crippen molar-refractivity contribution in [2.45, 2.75) is 24.8 Å². The lowest BCUT2D eigenvalue weighted by Gasteiger charge is -2.08. The number of rotatable bonds is 5. The number of aryl methyl sites for hydroxylation is 2. The number of hydrogen-bond donors (Lipinski definition) is 0. The van der Waals surface area contributed by atoms with Gasteiger partial charge in [0.2, 0.25) is 5.88 Å². The second-order valence-corrected chi connectivity index (χ2v) is 6.51. The highest BCUT2D eigenvalue weighted by molar-refractivity contribution is 7.98. The van der Waals surface area contributed by atoms with Gasteiger partial charge in [-0.2, -0.15) is 4.98 Å². The van der Waals surface area contributed by atoms with Crippen molar-refractivity contribution in [2.24, 2.45) is 0 Å². The van der Waals surface area contributed by atoms with Crippen LogP contribution in [0.25, 0.3) is 0 Å². The van der Waals surface area contributed by atoms with E-state index in [0.717, 1.165) is 17.3 Å². The van der Waals surface area contributed by atoms with E-state index in [1.165, 1.54) is 23.9 Å². The molecule has 3 rings (SSSR count). The molecule has 0 atom stereocenters. The molecule has 0 aliphatic carbocycles. The molecule has 25 heavy (non-hydrogen) atoms. The van der Waals surface area contributed by atoms with Crippen LogP contribution in [0.2, 0.25) is 0 Å². The lowest BCUT2D eigenvalue weighted by atomic mass is 10.2. The van der Waals surface area contributed by atoms with Crippen molar-refractivity contribution in [3.8, 4) is 11.6 Å². The zero-order chi connectivity index (χ0) is 17.8. The Hall–Kier alpha value is -2.47. The maximum atomic E-state index is 13.7. The van der Waals surface area contributed by atoms with Crippen molar-refractivity contribution in [3.05, 3.63) is 77.0 Å². The average molecular weight is 358 g/mol. The molecule has 0 unspecified atom stereocenters. The highest BCUT2D eigenvalue weighted by Crippen LogP contribution is 2.26. The first-order valence-corrected chi connectivity index (χ1v) is 8.65. The summed E-state index contributed by atoms with van der Waals surface area (Å²) in [5, 5.41) is 0.478. The van der Waals surface area contributed by atoms with Crippen LogP contribution < -0.4 is 4.74 Å². The molecule has 6 heteroatoms. The Balaban J connectivity index is 1.73. The Morgan fingerprint density at radius 3 is 2.44 bits per heavy atom. The minimum atomic E-state index is -0.591. The smallest absolute Gasteiger partial charge is 0.223 e. The van der Waals surface area contributed by atoms with Gasteiger partial charge in [0.1, 0.15) is 17.4 Å². The molecule has 128 valence electrons. The Bertz CT molecular complexity index is 885. The maximum Gasteiger partial charge on any atom is 0.223 e. The SMILES string of the molecule is Cc1ccc(Oc2cc(C)nc(SCc3ccc(F)cc3F)n2)cc1. The molecule has 0 fully saturated rings. The highest BCUT2D eigenvalue weighted by atomic mass is 32.2. The van der Waals surface area contributed by atoms with Gasteiger partial charge in [0.25, 0.3) is 0 Å². The first-order chi connectivity index (χ1) is 12.0. The summed E-state index contributed by atoms with van der Waals surface area (Å²) in [4.78, 5) is 8.67. The van der Waals surface area contributed by atoms with E-state index in [2.05, 4.69) is 9.97 Å². The van der Waals surface area contributed by atoms with Crippen molar-refractivity contribution in [1.29, 1.82) is 0 Å². The van der Waals surface area contributed by atoms with E-state index >= 15 is 0 Å². The fourth-order valence-electron chi connectivity index (χ4n) is 2.14. The quantitative estimate of drug-likeness (QED) is 0.448. The number of benzene rings is 2. The number of ether oxygens (including phenoxy) is 1. The summed E-state index contributed by atoms with van der Waals surface area (Å²) in [7, 11) is 0. The van der Waals surface area contributed by atoms with E-state index in [1.54, 1.807) is 6.07 Å². The van der Waals surface area contributed by atoms with Crippen LogP contribution in [0.1, 0.15) is 16.8 Å². The van der Waals surface area contributed by atoms with Crippen molar-refractivity contribution < 1.29 is 13.5 Å². The van der Waals surface area contributed by atoms with Crippen LogP contribution in [-0.4, -0.2) is 9.97 Å². The van der Waals surface area contributed by atoms with Crippen LogP contribution in [0.4, 0.5) is 8.78 Å². The predicted octanol–water partition coefficient (Wildman–Crippen LogP) is 5.46. The standard InChI is InChI=1S/C19H16F2N2OS/c1-12-3-7-16(8-4-12)24-18-9-13(2)22-19(23-18)25-11-14-5-6-15(20)10-17(14)21/h3-10H,11H2,1-2H3. The van der Waals surface area contributed by atoms with Gasteiger partial charge in [-0.1, -0.05) is 35.5 Å². The molecule has 0 spiro atoms. The Morgan fingerprint density at radius 2 is 1.72 bits per heavy atom. The molecule has 0 bridgehead atoms. The van der Waals surface area contributed by atoms with Crippen molar-refractivity contribution in [1.82, 2.24) is 9.97 Å². The Kier molecular flexibility index (Phi) is 5.28. The third kappa shape index (κ3) is 4.76. The first-order valence-electron chi connectivity index (χ1n) is 7.66. The van der Waals surface area contributed by atoms with Crippen LogP contribution in [0.5, 0.6) is 11.6 Å². The molecule has 3 aromatic rings. The summed E-state index contributed by atoms with van der Waals surface area (Å²) in [6, 6.07) is 12.9. The predicted molar refractivity (Wildman–Crippen MR) is 93.9 cm³/mol. The molecule has 0 saturated carbocycles. The molecule has 0 aliphatic rings. The van der Waals surface area contributed by atoms with Gasteiger partial charge in [-0.15, -0.1) is 0 Å². The largest absolute Gasteiger partial charge is 0.439 e. The molecule has 3 nitrogen and oxygen atoms in total. The zero-order valence-electron chi connectivity index (χ0n) is 13.8. The van der Waals surface area contributed by atoms with Gasteiger partial charge in [0, 0.05) is 23.6 Å². The zero-order valence-corrected chi connectivity index (χ0v) is 14.6. The van der Waals surface area contributed by atoms with Gasteiger partial charge in [-0.3, -0.25) is 0 Å². The molecule has 0 saturated heterocycles. The van der Waals surface area contributed by atoms with E-state index < -0.39 is 11.6 Å². The molecule has 1 heterocycles. The van der Waals surface area contributed by atoms with E-state index in [4.69, 9.17) is 4.74 Å². The van der Waals surface area contributed by atoms with Crippen molar-refractivity contribution in [2.75, 3.05) is 0 Å².